The number of nitrogens with zero attached hydrogens (tertiary/aromatic N) is 5. The van der Waals surface area contributed by atoms with E-state index in [0.717, 1.165) is 25.5 Å². The first-order chi connectivity index (χ1) is 11.5. The highest BCUT2D eigenvalue weighted by atomic mass is 16.2. The number of anilines is 1. The van der Waals surface area contributed by atoms with E-state index in [4.69, 9.17) is 0 Å². The first-order valence-corrected chi connectivity index (χ1v) is 8.62. The van der Waals surface area contributed by atoms with Crippen molar-refractivity contribution in [3.8, 4) is 0 Å². The van der Waals surface area contributed by atoms with Gasteiger partial charge in [-0.1, -0.05) is 13.8 Å². The maximum Gasteiger partial charge on any atom is 0.228 e. The van der Waals surface area contributed by atoms with Gasteiger partial charge in [-0.3, -0.25) is 14.6 Å². The van der Waals surface area contributed by atoms with Crippen LogP contribution in [0.15, 0.2) is 18.6 Å². The number of carbonyl (C=O) groups is 2. The number of hydrogen-bond donors (Lipinski definition) is 0. The third-order valence-electron chi connectivity index (χ3n) is 4.61. The Balaban J connectivity index is 1.53. The maximum atomic E-state index is 12.7. The van der Waals surface area contributed by atoms with E-state index in [2.05, 4.69) is 28.7 Å². The van der Waals surface area contributed by atoms with Crippen LogP contribution < -0.4 is 4.90 Å². The monoisotopic (exact) mass is 331 g/mol. The number of piperazine rings is 1. The molecule has 0 N–H and O–H groups in total. The standard InChI is InChI=1S/C17H25N5O2/c1-13(2)11-22-12-14(9-16(22)23)17(24)21-7-5-20(6-8-21)15-10-18-3-4-19-15/h3-4,10,13-14H,5-9,11-12H2,1-2H3/t14-/m1/s1. The lowest BCUT2D eigenvalue weighted by Gasteiger charge is -2.36. The van der Waals surface area contributed by atoms with Crippen LogP contribution in [-0.2, 0) is 9.59 Å². The van der Waals surface area contributed by atoms with E-state index in [1.165, 1.54) is 0 Å². The fourth-order valence-corrected chi connectivity index (χ4v) is 3.42. The molecule has 1 aromatic heterocycles. The molecule has 1 atom stereocenters. The van der Waals surface area contributed by atoms with E-state index in [9.17, 15) is 9.59 Å². The summed E-state index contributed by atoms with van der Waals surface area (Å²) in [5.74, 6) is 1.33. The van der Waals surface area contributed by atoms with Gasteiger partial charge in [0.1, 0.15) is 5.82 Å². The molecule has 0 radical (unpaired) electrons. The van der Waals surface area contributed by atoms with Gasteiger partial charge < -0.3 is 14.7 Å². The average molecular weight is 331 g/mol. The summed E-state index contributed by atoms with van der Waals surface area (Å²) in [4.78, 5) is 39.1. The van der Waals surface area contributed by atoms with E-state index in [-0.39, 0.29) is 17.7 Å². The van der Waals surface area contributed by atoms with E-state index in [0.29, 0.717) is 32.0 Å². The summed E-state index contributed by atoms with van der Waals surface area (Å²) >= 11 is 0. The molecule has 7 nitrogen and oxygen atoms in total. The summed E-state index contributed by atoms with van der Waals surface area (Å²) in [6.45, 7) is 8.34. The predicted octanol–water partition coefficient (Wildman–Crippen LogP) is 0.630. The largest absolute Gasteiger partial charge is 0.352 e. The van der Waals surface area contributed by atoms with Crippen molar-refractivity contribution < 1.29 is 9.59 Å². The lowest BCUT2D eigenvalue weighted by atomic mass is 10.1. The van der Waals surface area contributed by atoms with Gasteiger partial charge in [0.25, 0.3) is 0 Å². The fraction of sp³-hybridized carbons (Fsp3) is 0.647. The molecule has 2 saturated heterocycles. The Bertz CT molecular complexity index is 584. The smallest absolute Gasteiger partial charge is 0.228 e. The molecule has 2 aliphatic rings. The zero-order valence-electron chi connectivity index (χ0n) is 14.4. The highest BCUT2D eigenvalue weighted by Crippen LogP contribution is 2.22. The quantitative estimate of drug-likeness (QED) is 0.809. The first-order valence-electron chi connectivity index (χ1n) is 8.62. The van der Waals surface area contributed by atoms with Crippen molar-refractivity contribution in [1.82, 2.24) is 19.8 Å². The van der Waals surface area contributed by atoms with Gasteiger partial charge in [0, 0.05) is 58.1 Å². The molecular formula is C17H25N5O2. The van der Waals surface area contributed by atoms with Gasteiger partial charge in [0.2, 0.25) is 11.8 Å². The van der Waals surface area contributed by atoms with Crippen LogP contribution in [0.5, 0.6) is 0 Å². The summed E-state index contributed by atoms with van der Waals surface area (Å²) in [6.07, 6.45) is 5.44. The zero-order chi connectivity index (χ0) is 17.1. The molecule has 2 fully saturated rings. The SMILES string of the molecule is CC(C)CN1C[C@H](C(=O)N2CCN(c3cnccn3)CC2)CC1=O. The minimum absolute atomic E-state index is 0.111. The molecule has 0 aromatic carbocycles. The lowest BCUT2D eigenvalue weighted by molar-refractivity contribution is -0.136. The highest BCUT2D eigenvalue weighted by molar-refractivity contribution is 5.89. The highest BCUT2D eigenvalue weighted by Gasteiger charge is 2.37. The molecule has 2 amide bonds. The molecule has 3 rings (SSSR count). The summed E-state index contributed by atoms with van der Waals surface area (Å²) in [6, 6.07) is 0. The predicted molar refractivity (Wildman–Crippen MR) is 90.4 cm³/mol. The van der Waals surface area contributed by atoms with Crippen LogP contribution in [0.2, 0.25) is 0 Å². The zero-order valence-corrected chi connectivity index (χ0v) is 14.4. The van der Waals surface area contributed by atoms with Crippen LogP contribution >= 0.6 is 0 Å². The average Bonchev–Trinajstić information content (AvgIpc) is 2.95. The number of rotatable bonds is 4. The number of hydrogen-bond acceptors (Lipinski definition) is 5. The second kappa shape index (κ2) is 7.15. The van der Waals surface area contributed by atoms with E-state index in [1.807, 2.05) is 9.80 Å². The van der Waals surface area contributed by atoms with Gasteiger partial charge in [0.15, 0.2) is 0 Å². The van der Waals surface area contributed by atoms with E-state index >= 15 is 0 Å². The Morgan fingerprint density at radius 2 is 2.00 bits per heavy atom. The molecule has 0 spiro atoms. The molecular weight excluding hydrogens is 306 g/mol. The lowest BCUT2D eigenvalue weighted by Crippen LogP contribution is -2.51. The van der Waals surface area contributed by atoms with Crippen LogP contribution in [0.25, 0.3) is 0 Å². The summed E-state index contributed by atoms with van der Waals surface area (Å²) < 4.78 is 0. The van der Waals surface area contributed by atoms with Crippen LogP contribution in [0.3, 0.4) is 0 Å². The van der Waals surface area contributed by atoms with Crippen molar-refractivity contribution in [3.63, 3.8) is 0 Å². The first kappa shape index (κ1) is 16.7. The number of likely N-dealkylation sites (tertiary alicyclic amines) is 1. The van der Waals surface area contributed by atoms with Crippen molar-refractivity contribution in [2.24, 2.45) is 11.8 Å². The van der Waals surface area contributed by atoms with E-state index < -0.39 is 0 Å². The minimum Gasteiger partial charge on any atom is -0.352 e. The van der Waals surface area contributed by atoms with Crippen LogP contribution in [0, 0.1) is 11.8 Å². The molecule has 1 aromatic rings. The molecule has 24 heavy (non-hydrogen) atoms. The second-order valence-corrected chi connectivity index (χ2v) is 6.97. The van der Waals surface area contributed by atoms with Crippen LogP contribution in [0.1, 0.15) is 20.3 Å². The second-order valence-electron chi connectivity index (χ2n) is 6.97. The van der Waals surface area contributed by atoms with Gasteiger partial charge in [-0.25, -0.2) is 4.98 Å². The Hall–Kier alpha value is -2.18. The topological polar surface area (TPSA) is 69.6 Å². The molecule has 0 aliphatic carbocycles. The Labute approximate surface area is 142 Å². The molecule has 2 aliphatic heterocycles. The number of carbonyl (C=O) groups excluding carboxylic acids is 2. The summed E-state index contributed by atoms with van der Waals surface area (Å²) in [5.41, 5.74) is 0. The molecule has 7 heteroatoms. The summed E-state index contributed by atoms with van der Waals surface area (Å²) in [5, 5.41) is 0. The normalized spacial score (nSPS) is 21.7. The summed E-state index contributed by atoms with van der Waals surface area (Å²) in [7, 11) is 0. The number of aromatic nitrogens is 2. The third kappa shape index (κ3) is 3.66. The van der Waals surface area contributed by atoms with E-state index in [1.54, 1.807) is 18.6 Å². The van der Waals surface area contributed by atoms with Crippen molar-refractivity contribution in [3.05, 3.63) is 18.6 Å². The molecule has 130 valence electrons. The molecule has 3 heterocycles. The Morgan fingerprint density at radius 3 is 2.62 bits per heavy atom. The van der Waals surface area contributed by atoms with Gasteiger partial charge in [-0.05, 0) is 5.92 Å². The van der Waals surface area contributed by atoms with Crippen LogP contribution in [-0.4, -0.2) is 70.9 Å². The fourth-order valence-electron chi connectivity index (χ4n) is 3.42. The van der Waals surface area contributed by atoms with Crippen molar-refractivity contribution in [2.45, 2.75) is 20.3 Å². The van der Waals surface area contributed by atoms with Crippen LogP contribution in [0.4, 0.5) is 5.82 Å². The van der Waals surface area contributed by atoms with Crippen molar-refractivity contribution in [1.29, 1.82) is 0 Å². The van der Waals surface area contributed by atoms with Gasteiger partial charge in [0.05, 0.1) is 12.1 Å². The maximum absolute atomic E-state index is 12.7. The van der Waals surface area contributed by atoms with Gasteiger partial charge >= 0.3 is 0 Å². The molecule has 0 bridgehead atoms. The van der Waals surface area contributed by atoms with Crippen molar-refractivity contribution >= 4 is 17.6 Å². The van der Waals surface area contributed by atoms with Crippen molar-refractivity contribution in [2.75, 3.05) is 44.2 Å². The molecule has 0 saturated carbocycles. The third-order valence-corrected chi connectivity index (χ3v) is 4.61. The Morgan fingerprint density at radius 1 is 1.25 bits per heavy atom. The number of amides is 2. The molecule has 0 unspecified atom stereocenters. The van der Waals surface area contributed by atoms with Gasteiger partial charge in [-0.15, -0.1) is 0 Å². The Kier molecular flexibility index (Phi) is 4.97. The van der Waals surface area contributed by atoms with Gasteiger partial charge in [-0.2, -0.15) is 0 Å². The minimum atomic E-state index is -0.181.